The van der Waals surface area contributed by atoms with Gasteiger partial charge in [-0.1, -0.05) is 15.9 Å². The van der Waals surface area contributed by atoms with Gasteiger partial charge in [0.15, 0.2) is 0 Å². The second-order valence-electron chi connectivity index (χ2n) is 2.02. The zero-order chi connectivity index (χ0) is 9.02. The van der Waals surface area contributed by atoms with E-state index in [1.807, 2.05) is 0 Å². The van der Waals surface area contributed by atoms with Crippen molar-refractivity contribution in [1.82, 2.24) is 0 Å². The van der Waals surface area contributed by atoms with Gasteiger partial charge in [0.2, 0.25) is 5.24 Å². The predicted octanol–water partition coefficient (Wildman–Crippen LogP) is 1.47. The summed E-state index contributed by atoms with van der Waals surface area (Å²) in [4.78, 5) is 20.2. The number of carbonyl (C=O) groups is 2. The molecule has 11 heavy (non-hydrogen) atoms. The Hall–Kier alpha value is -0.0900. The van der Waals surface area contributed by atoms with Crippen molar-refractivity contribution >= 4 is 38.7 Å². The van der Waals surface area contributed by atoms with Crippen LogP contribution in [0.3, 0.4) is 0 Å². The van der Waals surface area contributed by atoms with Crippen molar-refractivity contribution in [1.29, 1.82) is 0 Å². The second-order valence-corrected chi connectivity index (χ2v) is 3.38. The number of hydrogen-bond acceptors (Lipinski definition) is 3. The molecular weight excluding hydrogens is 235 g/mol. The summed E-state index contributed by atoms with van der Waals surface area (Å²) in [6, 6.07) is 0. The highest BCUT2D eigenvalue weighted by Crippen LogP contribution is 2.12. The summed E-state index contributed by atoms with van der Waals surface area (Å²) >= 11 is 8.11. The van der Waals surface area contributed by atoms with Crippen LogP contribution in [0, 0.1) is 0 Å². The van der Waals surface area contributed by atoms with Gasteiger partial charge >= 0.3 is 5.97 Å². The van der Waals surface area contributed by atoms with Gasteiger partial charge in [-0.05, 0) is 18.5 Å². The number of carbonyl (C=O) groups excluding carboxylic acids is 2. The molecule has 0 bridgehead atoms. The lowest BCUT2D eigenvalue weighted by molar-refractivity contribution is -0.145. The molecule has 3 nitrogen and oxygen atoms in total. The van der Waals surface area contributed by atoms with Crippen LogP contribution in [0.4, 0.5) is 0 Å². The fraction of sp³-hybridized carbons (Fsp3) is 0.667. The molecule has 0 aromatic rings. The van der Waals surface area contributed by atoms with E-state index in [-0.39, 0.29) is 0 Å². The molecule has 0 rings (SSSR count). The van der Waals surface area contributed by atoms with Gasteiger partial charge in [0.1, 0.15) is 10.9 Å². The zero-order valence-corrected chi connectivity index (χ0v) is 8.48. The minimum absolute atomic E-state index is 0.431. The average molecular weight is 243 g/mol. The Kier molecular flexibility index (Phi) is 4.68. The highest BCUT2D eigenvalue weighted by atomic mass is 79.9. The Morgan fingerprint density at radius 2 is 2.00 bits per heavy atom. The molecule has 0 radical (unpaired) electrons. The van der Waals surface area contributed by atoms with Gasteiger partial charge in [0, 0.05) is 6.92 Å². The van der Waals surface area contributed by atoms with Gasteiger partial charge in [-0.15, -0.1) is 0 Å². The number of rotatable bonds is 3. The van der Waals surface area contributed by atoms with Crippen molar-refractivity contribution in [2.75, 3.05) is 0 Å². The third kappa shape index (κ3) is 4.37. The molecule has 0 fully saturated rings. The molecule has 0 aliphatic carbocycles. The molecular formula is C6H8BrClO3. The molecule has 0 saturated carbocycles. The van der Waals surface area contributed by atoms with Gasteiger partial charge in [-0.25, -0.2) is 0 Å². The minimum atomic E-state index is -0.631. The van der Waals surface area contributed by atoms with Crippen LogP contribution in [0.5, 0.6) is 0 Å². The first-order chi connectivity index (χ1) is 4.95. The van der Waals surface area contributed by atoms with E-state index in [0.717, 1.165) is 0 Å². The van der Waals surface area contributed by atoms with Crippen molar-refractivity contribution in [2.45, 2.75) is 24.8 Å². The normalized spacial score (nSPS) is 15.3. The van der Waals surface area contributed by atoms with Crippen molar-refractivity contribution in [2.24, 2.45) is 0 Å². The molecule has 0 aliphatic rings. The Morgan fingerprint density at radius 1 is 1.55 bits per heavy atom. The van der Waals surface area contributed by atoms with Gasteiger partial charge in [0.25, 0.3) is 0 Å². The molecule has 0 aromatic carbocycles. The Labute approximate surface area is 78.2 Å². The monoisotopic (exact) mass is 242 g/mol. The number of hydrogen-bond donors (Lipinski definition) is 0. The molecule has 0 heterocycles. The van der Waals surface area contributed by atoms with E-state index in [0.29, 0.717) is 0 Å². The zero-order valence-electron chi connectivity index (χ0n) is 6.14. The van der Waals surface area contributed by atoms with E-state index in [2.05, 4.69) is 20.7 Å². The molecule has 5 heteroatoms. The Balaban J connectivity index is 3.92. The summed E-state index contributed by atoms with van der Waals surface area (Å²) in [7, 11) is 0. The van der Waals surface area contributed by atoms with Crippen LogP contribution in [0.1, 0.15) is 13.8 Å². The van der Waals surface area contributed by atoms with Gasteiger partial charge in [-0.3, -0.25) is 9.59 Å². The fourth-order valence-corrected chi connectivity index (χ4v) is 0.791. The third-order valence-electron chi connectivity index (χ3n) is 0.981. The van der Waals surface area contributed by atoms with E-state index < -0.39 is 22.1 Å². The van der Waals surface area contributed by atoms with E-state index in [4.69, 9.17) is 11.6 Å². The molecule has 0 amide bonds. The standard InChI is InChI=1S/C6H8BrClO3/c1-3(11-4(2)9)5(7)6(8)10/h3,5H,1-2H3/t3-,5+/m1/s1. The first kappa shape index (κ1) is 10.9. The third-order valence-corrected chi connectivity index (χ3v) is 2.64. The SMILES string of the molecule is CC(=O)O[C@H](C)[C@H](Br)C(=O)Cl. The highest BCUT2D eigenvalue weighted by Gasteiger charge is 2.22. The summed E-state index contributed by atoms with van der Waals surface area (Å²) in [6.07, 6.45) is -0.530. The highest BCUT2D eigenvalue weighted by molar-refractivity contribution is 9.10. The molecule has 0 saturated heterocycles. The van der Waals surface area contributed by atoms with Crippen LogP contribution in [0.15, 0.2) is 0 Å². The summed E-state index contributed by atoms with van der Waals surface area (Å²) < 4.78 is 4.68. The quantitative estimate of drug-likeness (QED) is 0.428. The van der Waals surface area contributed by atoms with Gasteiger partial charge < -0.3 is 4.74 Å². The van der Waals surface area contributed by atoms with E-state index >= 15 is 0 Å². The number of ether oxygens (including phenoxy) is 1. The lowest BCUT2D eigenvalue weighted by atomic mass is 10.3. The summed E-state index contributed by atoms with van der Waals surface area (Å²) in [5.41, 5.74) is 0. The van der Waals surface area contributed by atoms with Crippen molar-refractivity contribution in [3.63, 3.8) is 0 Å². The summed E-state index contributed by atoms with van der Waals surface area (Å²) in [5, 5.41) is -0.571. The first-order valence-corrected chi connectivity index (χ1v) is 4.25. The van der Waals surface area contributed by atoms with Crippen LogP contribution in [0.25, 0.3) is 0 Å². The smallest absolute Gasteiger partial charge is 0.302 e. The van der Waals surface area contributed by atoms with Gasteiger partial charge in [0.05, 0.1) is 0 Å². The van der Waals surface area contributed by atoms with Crippen LogP contribution >= 0.6 is 27.5 Å². The van der Waals surface area contributed by atoms with E-state index in [1.165, 1.54) is 6.92 Å². The largest absolute Gasteiger partial charge is 0.461 e. The van der Waals surface area contributed by atoms with E-state index in [9.17, 15) is 9.59 Å². The molecule has 0 spiro atoms. The van der Waals surface area contributed by atoms with Crippen molar-refractivity contribution in [3.8, 4) is 0 Å². The molecule has 0 unspecified atom stereocenters. The summed E-state index contributed by atoms with van der Waals surface area (Å²) in [5.74, 6) is -0.431. The van der Waals surface area contributed by atoms with E-state index in [1.54, 1.807) is 6.92 Å². The first-order valence-electron chi connectivity index (χ1n) is 2.95. The molecule has 64 valence electrons. The number of halogens is 2. The minimum Gasteiger partial charge on any atom is -0.461 e. The Bertz CT molecular complexity index is 171. The topological polar surface area (TPSA) is 43.4 Å². The molecule has 2 atom stereocenters. The molecule has 0 aromatic heterocycles. The lowest BCUT2D eigenvalue weighted by Crippen LogP contribution is -2.27. The number of alkyl halides is 1. The van der Waals surface area contributed by atoms with Crippen molar-refractivity contribution in [3.05, 3.63) is 0 Å². The van der Waals surface area contributed by atoms with Crippen LogP contribution in [0.2, 0.25) is 0 Å². The second kappa shape index (κ2) is 4.72. The van der Waals surface area contributed by atoms with Crippen LogP contribution in [-0.2, 0) is 14.3 Å². The lowest BCUT2D eigenvalue weighted by Gasteiger charge is -2.13. The van der Waals surface area contributed by atoms with Gasteiger partial charge in [-0.2, -0.15) is 0 Å². The van der Waals surface area contributed by atoms with Crippen molar-refractivity contribution < 1.29 is 14.3 Å². The average Bonchev–Trinajstić information content (AvgIpc) is 1.84. The summed E-state index contributed by atoms with van der Waals surface area (Å²) in [6.45, 7) is 2.86. The van der Waals surface area contributed by atoms with Crippen LogP contribution < -0.4 is 0 Å². The predicted molar refractivity (Wildman–Crippen MR) is 44.8 cm³/mol. The van der Waals surface area contributed by atoms with Crippen LogP contribution in [-0.4, -0.2) is 22.1 Å². The fourth-order valence-electron chi connectivity index (χ4n) is 0.506. The maximum Gasteiger partial charge on any atom is 0.302 e. The number of esters is 1. The maximum absolute atomic E-state index is 10.5. The molecule has 0 aliphatic heterocycles. The maximum atomic E-state index is 10.5. The Morgan fingerprint density at radius 3 is 2.27 bits per heavy atom. The molecule has 0 N–H and O–H groups in total.